The number of nitrogens with one attached hydrogen (secondary N) is 2. The average molecular weight is 343 g/mol. The van der Waals surface area contributed by atoms with Crippen molar-refractivity contribution in [1.82, 2.24) is 10.0 Å². The maximum absolute atomic E-state index is 12.0. The summed E-state index contributed by atoms with van der Waals surface area (Å²) in [6, 6.07) is 6.04. The molecular formula is C15H19ClN2O3S. The van der Waals surface area contributed by atoms with Crippen LogP contribution in [0.1, 0.15) is 19.3 Å². The molecule has 2 rings (SSSR count). The fraction of sp³-hybridized carbons (Fsp3) is 0.400. The van der Waals surface area contributed by atoms with E-state index in [1.54, 1.807) is 12.1 Å². The van der Waals surface area contributed by atoms with E-state index in [1.165, 1.54) is 12.1 Å². The van der Waals surface area contributed by atoms with Crippen molar-refractivity contribution in [2.45, 2.75) is 24.2 Å². The van der Waals surface area contributed by atoms with Gasteiger partial charge in [-0.2, -0.15) is 0 Å². The third kappa shape index (κ3) is 5.12. The van der Waals surface area contributed by atoms with Crippen LogP contribution in [0.25, 0.3) is 0 Å². The second-order valence-electron chi connectivity index (χ2n) is 5.17. The quantitative estimate of drug-likeness (QED) is 0.588. The SMILES string of the molecule is O=C(CC1C=CCC1)NCCNS(=O)(=O)c1cccc(Cl)c1. The number of hydrogen-bond donors (Lipinski definition) is 2. The predicted molar refractivity (Wildman–Crippen MR) is 86.1 cm³/mol. The van der Waals surface area contributed by atoms with Crippen molar-refractivity contribution >= 4 is 27.5 Å². The van der Waals surface area contributed by atoms with Gasteiger partial charge in [0, 0.05) is 24.5 Å². The normalized spacial score (nSPS) is 17.6. The minimum atomic E-state index is -3.60. The molecule has 1 aromatic rings. The van der Waals surface area contributed by atoms with E-state index in [0.29, 0.717) is 17.4 Å². The lowest BCUT2D eigenvalue weighted by atomic mass is 10.1. The molecule has 5 nitrogen and oxygen atoms in total. The molecule has 1 aromatic carbocycles. The summed E-state index contributed by atoms with van der Waals surface area (Å²) < 4.78 is 26.5. The highest BCUT2D eigenvalue weighted by atomic mass is 35.5. The van der Waals surface area contributed by atoms with Crippen molar-refractivity contribution in [3.05, 3.63) is 41.4 Å². The van der Waals surface area contributed by atoms with Crippen LogP contribution < -0.4 is 10.0 Å². The molecule has 0 aliphatic heterocycles. The predicted octanol–water partition coefficient (Wildman–Crippen LogP) is 2.09. The van der Waals surface area contributed by atoms with Gasteiger partial charge in [0.15, 0.2) is 0 Å². The van der Waals surface area contributed by atoms with Crippen LogP contribution >= 0.6 is 11.6 Å². The molecule has 0 spiro atoms. The third-order valence-corrected chi connectivity index (χ3v) is 5.10. The van der Waals surface area contributed by atoms with Gasteiger partial charge in [0.2, 0.25) is 15.9 Å². The van der Waals surface area contributed by atoms with Gasteiger partial charge in [-0.15, -0.1) is 0 Å². The maximum atomic E-state index is 12.0. The molecule has 1 aliphatic rings. The number of halogens is 1. The van der Waals surface area contributed by atoms with Gasteiger partial charge in [-0.25, -0.2) is 13.1 Å². The molecule has 0 fully saturated rings. The van der Waals surface area contributed by atoms with Crippen molar-refractivity contribution in [3.63, 3.8) is 0 Å². The van der Waals surface area contributed by atoms with Gasteiger partial charge in [0.05, 0.1) is 4.90 Å². The van der Waals surface area contributed by atoms with Crippen molar-refractivity contribution in [1.29, 1.82) is 0 Å². The molecule has 120 valence electrons. The zero-order chi connectivity index (χ0) is 16.0. The van der Waals surface area contributed by atoms with Crippen LogP contribution in [0, 0.1) is 5.92 Å². The number of carbonyl (C=O) groups is 1. The van der Waals surface area contributed by atoms with Gasteiger partial charge in [0.25, 0.3) is 0 Å². The molecule has 0 aromatic heterocycles. The molecule has 7 heteroatoms. The first-order chi connectivity index (χ1) is 10.5. The van der Waals surface area contributed by atoms with Crippen LogP contribution in [0.15, 0.2) is 41.3 Å². The summed E-state index contributed by atoms with van der Waals surface area (Å²) in [5.41, 5.74) is 0. The molecule has 22 heavy (non-hydrogen) atoms. The van der Waals surface area contributed by atoms with E-state index in [4.69, 9.17) is 11.6 Å². The van der Waals surface area contributed by atoms with Crippen LogP contribution in [-0.4, -0.2) is 27.4 Å². The zero-order valence-electron chi connectivity index (χ0n) is 12.1. The van der Waals surface area contributed by atoms with Crippen LogP contribution in [-0.2, 0) is 14.8 Å². The van der Waals surface area contributed by atoms with E-state index in [0.717, 1.165) is 12.8 Å². The van der Waals surface area contributed by atoms with E-state index in [2.05, 4.69) is 22.2 Å². The van der Waals surface area contributed by atoms with E-state index < -0.39 is 10.0 Å². The van der Waals surface area contributed by atoms with Crippen LogP contribution in [0.5, 0.6) is 0 Å². The molecule has 0 radical (unpaired) electrons. The molecule has 1 unspecified atom stereocenters. The summed E-state index contributed by atoms with van der Waals surface area (Å²) in [6.45, 7) is 0.399. The van der Waals surface area contributed by atoms with Crippen molar-refractivity contribution in [3.8, 4) is 0 Å². The number of carbonyl (C=O) groups excluding carboxylic acids is 1. The fourth-order valence-corrected chi connectivity index (χ4v) is 3.61. The highest BCUT2D eigenvalue weighted by Gasteiger charge is 2.15. The Morgan fingerprint density at radius 3 is 2.82 bits per heavy atom. The number of benzene rings is 1. The average Bonchev–Trinajstić information content (AvgIpc) is 2.96. The van der Waals surface area contributed by atoms with Crippen LogP contribution in [0.2, 0.25) is 5.02 Å². The molecule has 1 atom stereocenters. The second kappa shape index (κ2) is 7.76. The lowest BCUT2D eigenvalue weighted by molar-refractivity contribution is -0.121. The first-order valence-corrected chi connectivity index (χ1v) is 9.02. The molecule has 0 heterocycles. The minimum Gasteiger partial charge on any atom is -0.355 e. The van der Waals surface area contributed by atoms with Gasteiger partial charge in [-0.1, -0.05) is 29.8 Å². The Kier molecular flexibility index (Phi) is 5.99. The Morgan fingerprint density at radius 1 is 1.32 bits per heavy atom. The second-order valence-corrected chi connectivity index (χ2v) is 7.38. The summed E-state index contributed by atoms with van der Waals surface area (Å²) in [6.07, 6.45) is 6.63. The van der Waals surface area contributed by atoms with Gasteiger partial charge in [-0.05, 0) is 37.0 Å². The number of allylic oxidation sites excluding steroid dienone is 2. The van der Waals surface area contributed by atoms with E-state index in [1.807, 2.05) is 0 Å². The third-order valence-electron chi connectivity index (χ3n) is 3.41. The highest BCUT2D eigenvalue weighted by Crippen LogP contribution is 2.19. The highest BCUT2D eigenvalue weighted by molar-refractivity contribution is 7.89. The van der Waals surface area contributed by atoms with Crippen LogP contribution in [0.3, 0.4) is 0 Å². The van der Waals surface area contributed by atoms with Gasteiger partial charge < -0.3 is 5.32 Å². The summed E-state index contributed by atoms with van der Waals surface area (Å²) in [5, 5.41) is 3.08. The molecule has 1 amide bonds. The standard InChI is InChI=1S/C15H19ClN2O3S/c16-13-6-3-7-14(11-13)22(20,21)18-9-8-17-15(19)10-12-4-1-2-5-12/h1,3-4,6-7,11-12,18H,2,5,8-10H2,(H,17,19). The lowest BCUT2D eigenvalue weighted by Crippen LogP contribution is -2.35. The number of sulfonamides is 1. The molecule has 1 aliphatic carbocycles. The smallest absolute Gasteiger partial charge is 0.240 e. The Labute approximate surface area is 135 Å². The maximum Gasteiger partial charge on any atom is 0.240 e. The first-order valence-electron chi connectivity index (χ1n) is 7.16. The molecule has 2 N–H and O–H groups in total. The summed E-state index contributed by atoms with van der Waals surface area (Å²) in [4.78, 5) is 11.8. The summed E-state index contributed by atoms with van der Waals surface area (Å²) in [7, 11) is -3.60. The largest absolute Gasteiger partial charge is 0.355 e. The van der Waals surface area contributed by atoms with Crippen molar-refractivity contribution in [2.24, 2.45) is 5.92 Å². The zero-order valence-corrected chi connectivity index (χ0v) is 13.7. The first kappa shape index (κ1) is 17.0. The van der Waals surface area contributed by atoms with E-state index >= 15 is 0 Å². The molecule has 0 saturated heterocycles. The Morgan fingerprint density at radius 2 is 2.14 bits per heavy atom. The fourth-order valence-electron chi connectivity index (χ4n) is 2.28. The number of rotatable bonds is 7. The van der Waals surface area contributed by atoms with Crippen molar-refractivity contribution in [2.75, 3.05) is 13.1 Å². The topological polar surface area (TPSA) is 75.3 Å². The summed E-state index contributed by atoms with van der Waals surface area (Å²) >= 11 is 5.78. The Balaban J connectivity index is 1.73. The number of hydrogen-bond acceptors (Lipinski definition) is 3. The van der Waals surface area contributed by atoms with Crippen LogP contribution in [0.4, 0.5) is 0 Å². The Bertz CT molecular complexity index is 659. The molecule has 0 bridgehead atoms. The lowest BCUT2D eigenvalue weighted by Gasteiger charge is -2.10. The minimum absolute atomic E-state index is 0.0569. The molecule has 0 saturated carbocycles. The van der Waals surface area contributed by atoms with Gasteiger partial charge in [0.1, 0.15) is 0 Å². The van der Waals surface area contributed by atoms with Gasteiger partial charge in [-0.3, -0.25) is 4.79 Å². The van der Waals surface area contributed by atoms with Gasteiger partial charge >= 0.3 is 0 Å². The van der Waals surface area contributed by atoms with Crippen molar-refractivity contribution < 1.29 is 13.2 Å². The summed E-state index contributed by atoms with van der Waals surface area (Å²) in [5.74, 6) is 0.252. The van der Waals surface area contributed by atoms with E-state index in [9.17, 15) is 13.2 Å². The van der Waals surface area contributed by atoms with E-state index in [-0.39, 0.29) is 23.9 Å². The Hall–Kier alpha value is -1.37. The molecular weight excluding hydrogens is 324 g/mol. The monoisotopic (exact) mass is 342 g/mol. The number of amides is 1.